The van der Waals surface area contributed by atoms with Crippen LogP contribution in [0.25, 0.3) is 6.08 Å². The number of benzene rings is 2. The maximum absolute atomic E-state index is 11.7. The molecule has 0 aromatic heterocycles. The minimum absolute atomic E-state index is 0.316. The molecule has 0 fully saturated rings. The number of amides is 2. The van der Waals surface area contributed by atoms with Crippen LogP contribution in [0.3, 0.4) is 0 Å². The van der Waals surface area contributed by atoms with Gasteiger partial charge in [0.1, 0.15) is 0 Å². The molecule has 0 unspecified atom stereocenters. The third-order valence-corrected chi connectivity index (χ3v) is 3.73. The quantitative estimate of drug-likeness (QED) is 0.771. The van der Waals surface area contributed by atoms with Crippen LogP contribution in [0.5, 0.6) is 0 Å². The normalized spacial score (nSPS) is 10.6. The van der Waals surface area contributed by atoms with Gasteiger partial charge in [-0.2, -0.15) is 0 Å². The monoisotopic (exact) mass is 364 g/mol. The van der Waals surface area contributed by atoms with E-state index in [0.29, 0.717) is 10.7 Å². The van der Waals surface area contributed by atoms with Gasteiger partial charge in [0, 0.05) is 21.4 Å². The molecule has 108 valence electrons. The highest BCUT2D eigenvalue weighted by molar-refractivity contribution is 9.10. The molecular formula is C16H14BrClN2O. The van der Waals surface area contributed by atoms with Crippen molar-refractivity contribution in [2.75, 3.05) is 5.32 Å². The van der Waals surface area contributed by atoms with Gasteiger partial charge in [-0.15, -0.1) is 0 Å². The Labute approximate surface area is 137 Å². The van der Waals surface area contributed by atoms with Crippen molar-refractivity contribution in [3.05, 3.63) is 69.3 Å². The minimum Gasteiger partial charge on any atom is -0.314 e. The van der Waals surface area contributed by atoms with Gasteiger partial charge in [-0.25, -0.2) is 4.79 Å². The van der Waals surface area contributed by atoms with Crippen molar-refractivity contribution in [2.24, 2.45) is 0 Å². The van der Waals surface area contributed by atoms with E-state index >= 15 is 0 Å². The lowest BCUT2D eigenvalue weighted by atomic mass is 10.2. The summed E-state index contributed by atoms with van der Waals surface area (Å²) < 4.78 is 1.02. The molecule has 3 nitrogen and oxygen atoms in total. The summed E-state index contributed by atoms with van der Waals surface area (Å²) in [7, 11) is 0. The van der Waals surface area contributed by atoms with Crippen LogP contribution in [0.15, 0.2) is 53.1 Å². The van der Waals surface area contributed by atoms with Crippen LogP contribution in [0.2, 0.25) is 5.02 Å². The fourth-order valence-electron chi connectivity index (χ4n) is 1.63. The summed E-state index contributed by atoms with van der Waals surface area (Å²) in [5, 5.41) is 5.98. The molecule has 2 aromatic rings. The van der Waals surface area contributed by atoms with Crippen LogP contribution in [0.1, 0.15) is 11.1 Å². The number of hydrogen-bond acceptors (Lipinski definition) is 1. The number of nitrogens with one attached hydrogen (secondary N) is 2. The molecule has 0 aliphatic heterocycles. The Bertz CT molecular complexity index is 668. The van der Waals surface area contributed by atoms with E-state index in [1.165, 1.54) is 0 Å². The molecule has 2 N–H and O–H groups in total. The standard InChI is InChI=1S/C16H14BrClN2O/c1-11-2-7-14(10-15(11)18)20-16(21)19-9-8-12-3-5-13(17)6-4-12/h2-10H,1H3,(H2,19,20,21)/b9-8+. The summed E-state index contributed by atoms with van der Waals surface area (Å²) in [6.45, 7) is 1.91. The van der Waals surface area contributed by atoms with E-state index in [2.05, 4.69) is 26.6 Å². The summed E-state index contributed by atoms with van der Waals surface area (Å²) in [6.07, 6.45) is 3.41. The van der Waals surface area contributed by atoms with Crippen LogP contribution in [0.4, 0.5) is 10.5 Å². The van der Waals surface area contributed by atoms with Gasteiger partial charge in [0.2, 0.25) is 0 Å². The summed E-state index contributed by atoms with van der Waals surface area (Å²) in [4.78, 5) is 11.7. The average Bonchev–Trinajstić information content (AvgIpc) is 2.45. The van der Waals surface area contributed by atoms with Gasteiger partial charge in [0.05, 0.1) is 0 Å². The van der Waals surface area contributed by atoms with Crippen molar-refractivity contribution in [3.63, 3.8) is 0 Å². The van der Waals surface area contributed by atoms with E-state index in [0.717, 1.165) is 15.6 Å². The first-order chi connectivity index (χ1) is 10.0. The Morgan fingerprint density at radius 1 is 1.19 bits per heavy atom. The summed E-state index contributed by atoms with van der Waals surface area (Å²) >= 11 is 9.38. The Kier molecular flexibility index (Phi) is 5.42. The van der Waals surface area contributed by atoms with Gasteiger partial charge in [0.15, 0.2) is 0 Å². The second kappa shape index (κ2) is 7.29. The van der Waals surface area contributed by atoms with Gasteiger partial charge in [-0.3, -0.25) is 0 Å². The van der Waals surface area contributed by atoms with Crippen LogP contribution < -0.4 is 10.6 Å². The van der Waals surface area contributed by atoms with Gasteiger partial charge in [-0.05, 0) is 48.4 Å². The largest absolute Gasteiger partial charge is 0.323 e. The molecule has 0 saturated carbocycles. The zero-order valence-electron chi connectivity index (χ0n) is 11.4. The van der Waals surface area contributed by atoms with Crippen molar-refractivity contribution < 1.29 is 4.79 Å². The lowest BCUT2D eigenvalue weighted by Gasteiger charge is -2.06. The van der Waals surface area contributed by atoms with Crippen molar-refractivity contribution in [3.8, 4) is 0 Å². The van der Waals surface area contributed by atoms with Crippen LogP contribution in [-0.2, 0) is 0 Å². The Morgan fingerprint density at radius 2 is 1.90 bits per heavy atom. The first-order valence-electron chi connectivity index (χ1n) is 6.30. The highest BCUT2D eigenvalue weighted by Gasteiger charge is 2.01. The van der Waals surface area contributed by atoms with E-state index in [4.69, 9.17) is 11.6 Å². The SMILES string of the molecule is Cc1ccc(NC(=O)N/C=C/c2ccc(Br)cc2)cc1Cl. The Hall–Kier alpha value is -1.78. The van der Waals surface area contributed by atoms with Gasteiger partial charge < -0.3 is 10.6 Å². The van der Waals surface area contributed by atoms with E-state index < -0.39 is 0 Å². The zero-order valence-corrected chi connectivity index (χ0v) is 13.7. The number of urea groups is 1. The smallest absolute Gasteiger partial charge is 0.314 e. The number of anilines is 1. The topological polar surface area (TPSA) is 41.1 Å². The number of hydrogen-bond donors (Lipinski definition) is 2. The average molecular weight is 366 g/mol. The van der Waals surface area contributed by atoms with Crippen molar-refractivity contribution in [1.29, 1.82) is 0 Å². The first kappa shape index (κ1) is 15.6. The minimum atomic E-state index is -0.316. The van der Waals surface area contributed by atoms with E-state index in [1.54, 1.807) is 18.3 Å². The predicted octanol–water partition coefficient (Wildman–Crippen LogP) is 5.20. The number of halogens is 2. The number of rotatable bonds is 3. The number of carbonyl (C=O) groups is 1. The van der Waals surface area contributed by atoms with E-state index in [1.807, 2.05) is 43.3 Å². The third kappa shape index (κ3) is 4.92. The lowest BCUT2D eigenvalue weighted by molar-refractivity contribution is 0.255. The highest BCUT2D eigenvalue weighted by atomic mass is 79.9. The molecule has 0 heterocycles. The van der Waals surface area contributed by atoms with Crippen molar-refractivity contribution >= 4 is 45.3 Å². The van der Waals surface area contributed by atoms with Crippen LogP contribution in [0, 0.1) is 6.92 Å². The molecule has 0 spiro atoms. The van der Waals surface area contributed by atoms with Gasteiger partial charge in [0.25, 0.3) is 0 Å². The van der Waals surface area contributed by atoms with Gasteiger partial charge >= 0.3 is 6.03 Å². The molecule has 0 aliphatic carbocycles. The second-order valence-electron chi connectivity index (χ2n) is 4.45. The van der Waals surface area contributed by atoms with E-state index in [-0.39, 0.29) is 6.03 Å². The summed E-state index contributed by atoms with van der Waals surface area (Å²) in [6, 6.07) is 12.8. The highest BCUT2D eigenvalue weighted by Crippen LogP contribution is 2.19. The molecule has 0 aliphatic rings. The molecule has 0 atom stereocenters. The molecule has 2 aromatic carbocycles. The first-order valence-corrected chi connectivity index (χ1v) is 7.47. The zero-order chi connectivity index (χ0) is 15.2. The molecule has 2 amide bonds. The lowest BCUT2D eigenvalue weighted by Crippen LogP contribution is -2.23. The summed E-state index contributed by atoms with van der Waals surface area (Å²) in [5.74, 6) is 0. The molecule has 21 heavy (non-hydrogen) atoms. The maximum atomic E-state index is 11.7. The third-order valence-electron chi connectivity index (χ3n) is 2.79. The van der Waals surface area contributed by atoms with Crippen LogP contribution in [-0.4, -0.2) is 6.03 Å². The molecular weight excluding hydrogens is 352 g/mol. The maximum Gasteiger partial charge on any atom is 0.323 e. The van der Waals surface area contributed by atoms with Gasteiger partial charge in [-0.1, -0.05) is 45.7 Å². The molecule has 0 saturated heterocycles. The van der Waals surface area contributed by atoms with Crippen molar-refractivity contribution in [2.45, 2.75) is 6.92 Å². The molecule has 5 heteroatoms. The fraction of sp³-hybridized carbons (Fsp3) is 0.0625. The van der Waals surface area contributed by atoms with Crippen LogP contribution >= 0.6 is 27.5 Å². The molecule has 2 rings (SSSR count). The van der Waals surface area contributed by atoms with Crippen molar-refractivity contribution in [1.82, 2.24) is 5.32 Å². The van der Waals surface area contributed by atoms with E-state index in [9.17, 15) is 4.79 Å². The number of carbonyl (C=O) groups excluding carboxylic acids is 1. The predicted molar refractivity (Wildman–Crippen MR) is 91.5 cm³/mol. The second-order valence-corrected chi connectivity index (χ2v) is 5.77. The molecule has 0 radical (unpaired) electrons. The Balaban J connectivity index is 1.89. The Morgan fingerprint density at radius 3 is 2.57 bits per heavy atom. The number of aryl methyl sites for hydroxylation is 1. The summed E-state index contributed by atoms with van der Waals surface area (Å²) in [5.41, 5.74) is 2.62. The fourth-order valence-corrected chi connectivity index (χ4v) is 2.07. The molecule has 0 bridgehead atoms.